The van der Waals surface area contributed by atoms with E-state index in [-0.39, 0.29) is 72.2 Å². The lowest BCUT2D eigenvalue weighted by Crippen LogP contribution is -2.45. The van der Waals surface area contributed by atoms with Crippen molar-refractivity contribution in [3.63, 3.8) is 0 Å². The fraction of sp³-hybridized carbons (Fsp3) is 0.172. The summed E-state index contributed by atoms with van der Waals surface area (Å²) in [6.07, 6.45) is 0. The lowest BCUT2D eigenvalue weighted by Gasteiger charge is -2.33. The second-order valence-electron chi connectivity index (χ2n) is 9.66. The van der Waals surface area contributed by atoms with Gasteiger partial charge in [-0.15, -0.1) is 0 Å². The number of nitro benzene ring substituents is 4. The molecule has 4 aromatic carbocycles. The van der Waals surface area contributed by atoms with Gasteiger partial charge in [0.1, 0.15) is 54.8 Å². The standard InChI is InChI=1S/C29H24N4O12/c34-30(35)21-1-9-25(10-2-21)42-17-29(18-43-26-11-3-22(4-12-26)31(36)37,19-44-27-13-5-23(6-14-27)32(38)39)20-45-28-15-7-24(8-16-28)33(40)41/h1-16H,17-20H2. The third-order valence-electron chi connectivity index (χ3n) is 6.37. The van der Waals surface area contributed by atoms with Crippen molar-refractivity contribution in [2.45, 2.75) is 0 Å². The maximum absolute atomic E-state index is 11.1. The summed E-state index contributed by atoms with van der Waals surface area (Å²) in [6, 6.07) is 21.4. The summed E-state index contributed by atoms with van der Waals surface area (Å²) in [5.41, 5.74) is -1.72. The molecule has 0 aliphatic heterocycles. The van der Waals surface area contributed by atoms with Crippen LogP contribution in [-0.4, -0.2) is 46.1 Å². The van der Waals surface area contributed by atoms with Crippen LogP contribution in [0.5, 0.6) is 23.0 Å². The molecule has 45 heavy (non-hydrogen) atoms. The third kappa shape index (κ3) is 8.84. The van der Waals surface area contributed by atoms with Gasteiger partial charge < -0.3 is 18.9 Å². The summed E-state index contributed by atoms with van der Waals surface area (Å²) in [6.45, 7) is -0.564. The Morgan fingerprint density at radius 1 is 0.378 bits per heavy atom. The smallest absolute Gasteiger partial charge is 0.269 e. The third-order valence-corrected chi connectivity index (χ3v) is 6.37. The zero-order chi connectivity index (χ0) is 32.4. The van der Waals surface area contributed by atoms with E-state index in [9.17, 15) is 40.5 Å². The number of non-ortho nitro benzene ring substituents is 4. The van der Waals surface area contributed by atoms with Crippen LogP contribution >= 0.6 is 0 Å². The van der Waals surface area contributed by atoms with Gasteiger partial charge in [-0.25, -0.2) is 0 Å². The van der Waals surface area contributed by atoms with Gasteiger partial charge in [0.25, 0.3) is 22.7 Å². The van der Waals surface area contributed by atoms with Gasteiger partial charge in [-0.1, -0.05) is 0 Å². The largest absolute Gasteiger partial charge is 0.493 e. The quantitative estimate of drug-likeness (QED) is 0.105. The molecule has 0 fully saturated rings. The molecular formula is C29H24N4O12. The average molecular weight is 621 g/mol. The van der Waals surface area contributed by atoms with Crippen LogP contribution in [0.4, 0.5) is 22.7 Å². The van der Waals surface area contributed by atoms with Crippen LogP contribution in [0.15, 0.2) is 97.1 Å². The first-order valence-electron chi connectivity index (χ1n) is 13.0. The van der Waals surface area contributed by atoms with Gasteiger partial charge >= 0.3 is 0 Å². The Labute approximate surface area is 253 Å². The fourth-order valence-electron chi connectivity index (χ4n) is 3.85. The van der Waals surface area contributed by atoms with Gasteiger partial charge in [-0.05, 0) is 48.5 Å². The average Bonchev–Trinajstić information content (AvgIpc) is 3.04. The lowest BCUT2D eigenvalue weighted by molar-refractivity contribution is -0.385. The van der Waals surface area contributed by atoms with Crippen LogP contribution in [0.25, 0.3) is 0 Å². The van der Waals surface area contributed by atoms with Crippen LogP contribution < -0.4 is 18.9 Å². The molecule has 16 heteroatoms. The summed E-state index contributed by atoms with van der Waals surface area (Å²) < 4.78 is 24.0. The summed E-state index contributed by atoms with van der Waals surface area (Å²) in [4.78, 5) is 42.1. The van der Waals surface area contributed by atoms with Crippen LogP contribution in [0, 0.1) is 45.9 Å². The molecule has 0 saturated carbocycles. The molecule has 0 radical (unpaired) electrons. The Morgan fingerprint density at radius 3 is 0.711 bits per heavy atom. The zero-order valence-electron chi connectivity index (χ0n) is 23.3. The molecule has 0 N–H and O–H groups in total. The number of nitro groups is 4. The molecule has 0 aliphatic rings. The Hall–Kier alpha value is -6.32. The van der Waals surface area contributed by atoms with Crippen molar-refractivity contribution >= 4 is 22.7 Å². The van der Waals surface area contributed by atoms with E-state index >= 15 is 0 Å². The molecule has 16 nitrogen and oxygen atoms in total. The summed E-state index contributed by atoms with van der Waals surface area (Å²) in [7, 11) is 0. The highest BCUT2D eigenvalue weighted by Crippen LogP contribution is 2.29. The molecule has 0 unspecified atom stereocenters. The van der Waals surface area contributed by atoms with E-state index in [1.165, 1.54) is 97.1 Å². The van der Waals surface area contributed by atoms with Crippen molar-refractivity contribution in [1.29, 1.82) is 0 Å². The zero-order valence-corrected chi connectivity index (χ0v) is 23.3. The van der Waals surface area contributed by atoms with Gasteiger partial charge in [0.2, 0.25) is 0 Å². The molecule has 232 valence electrons. The van der Waals surface area contributed by atoms with E-state index < -0.39 is 25.1 Å². The highest BCUT2D eigenvalue weighted by molar-refractivity contribution is 5.38. The number of benzene rings is 4. The van der Waals surface area contributed by atoms with E-state index in [0.29, 0.717) is 0 Å². The van der Waals surface area contributed by atoms with Gasteiger partial charge in [-0.2, -0.15) is 0 Å². The minimum absolute atomic E-state index is 0.141. The minimum atomic E-state index is -1.16. The number of rotatable bonds is 16. The predicted octanol–water partition coefficient (Wildman–Crippen LogP) is 5.92. The topological polar surface area (TPSA) is 209 Å². The normalized spacial score (nSPS) is 10.8. The van der Waals surface area contributed by atoms with Crippen LogP contribution in [0.3, 0.4) is 0 Å². The van der Waals surface area contributed by atoms with Crippen molar-refractivity contribution < 1.29 is 38.6 Å². The predicted molar refractivity (Wildman–Crippen MR) is 157 cm³/mol. The monoisotopic (exact) mass is 620 g/mol. The van der Waals surface area contributed by atoms with E-state index in [4.69, 9.17) is 18.9 Å². The molecule has 4 aromatic rings. The fourth-order valence-corrected chi connectivity index (χ4v) is 3.85. The van der Waals surface area contributed by atoms with Crippen molar-refractivity contribution in [2.24, 2.45) is 5.41 Å². The maximum atomic E-state index is 11.1. The van der Waals surface area contributed by atoms with E-state index in [2.05, 4.69) is 0 Å². The lowest BCUT2D eigenvalue weighted by atomic mass is 9.92. The maximum Gasteiger partial charge on any atom is 0.269 e. The molecular weight excluding hydrogens is 596 g/mol. The molecule has 0 spiro atoms. The number of hydrogen-bond acceptors (Lipinski definition) is 12. The van der Waals surface area contributed by atoms with E-state index in [1.54, 1.807) is 0 Å². The molecule has 0 aliphatic carbocycles. The highest BCUT2D eigenvalue weighted by atomic mass is 16.6. The van der Waals surface area contributed by atoms with Gasteiger partial charge in [0, 0.05) is 48.5 Å². The Morgan fingerprint density at radius 2 is 0.556 bits per heavy atom. The molecule has 4 rings (SSSR count). The molecule has 0 saturated heterocycles. The van der Waals surface area contributed by atoms with Crippen molar-refractivity contribution in [1.82, 2.24) is 0 Å². The molecule has 0 atom stereocenters. The van der Waals surface area contributed by atoms with Gasteiger partial charge in [0.05, 0.1) is 19.7 Å². The summed E-state index contributed by atoms with van der Waals surface area (Å²) in [5, 5.41) is 44.3. The van der Waals surface area contributed by atoms with E-state index in [1.807, 2.05) is 0 Å². The highest BCUT2D eigenvalue weighted by Gasteiger charge is 2.36. The molecule has 0 aromatic heterocycles. The Kier molecular flexibility index (Phi) is 10.00. The van der Waals surface area contributed by atoms with Crippen LogP contribution in [-0.2, 0) is 0 Å². The van der Waals surface area contributed by atoms with Crippen LogP contribution in [0.2, 0.25) is 0 Å². The van der Waals surface area contributed by atoms with Crippen LogP contribution in [0.1, 0.15) is 0 Å². The first-order valence-corrected chi connectivity index (χ1v) is 13.0. The first kappa shape index (κ1) is 31.6. The second-order valence-corrected chi connectivity index (χ2v) is 9.66. The molecule has 0 amide bonds. The first-order chi connectivity index (χ1) is 21.5. The number of ether oxygens (including phenoxy) is 4. The SMILES string of the molecule is O=[N+]([O-])c1ccc(OCC(COc2ccc([N+](=O)[O-])cc2)(COc2ccc([N+](=O)[O-])cc2)COc2ccc([N+](=O)[O-])cc2)cc1. The van der Waals surface area contributed by atoms with Crippen molar-refractivity contribution in [3.05, 3.63) is 138 Å². The van der Waals surface area contributed by atoms with Gasteiger partial charge in [-0.3, -0.25) is 40.5 Å². The Bertz CT molecular complexity index is 1390. The molecule has 0 bridgehead atoms. The summed E-state index contributed by atoms with van der Waals surface area (Å²) >= 11 is 0. The van der Waals surface area contributed by atoms with Crippen molar-refractivity contribution in [3.8, 4) is 23.0 Å². The summed E-state index contributed by atoms with van der Waals surface area (Å²) in [5.74, 6) is 1.13. The van der Waals surface area contributed by atoms with Gasteiger partial charge in [0.15, 0.2) is 0 Å². The minimum Gasteiger partial charge on any atom is -0.493 e. The van der Waals surface area contributed by atoms with E-state index in [0.717, 1.165) is 0 Å². The number of nitrogens with zero attached hydrogens (tertiary/aromatic N) is 4. The molecule has 0 heterocycles. The number of hydrogen-bond donors (Lipinski definition) is 0. The second kappa shape index (κ2) is 14.2. The van der Waals surface area contributed by atoms with Crippen molar-refractivity contribution in [2.75, 3.05) is 26.4 Å². The Balaban J connectivity index is 1.62.